The molecule has 78 valence electrons. The lowest BCUT2D eigenvalue weighted by Crippen LogP contribution is -2.41. The Balaban J connectivity index is 2.55. The Labute approximate surface area is 100 Å². The fraction of sp³-hybridized carbons (Fsp3) is 0.800. The van der Waals surface area contributed by atoms with Gasteiger partial charge >= 0.3 is 0 Å². The number of Topliss-reactive ketones (excluding diaryl/α,β-unsaturated/α-hetero) is 2. The van der Waals surface area contributed by atoms with Crippen molar-refractivity contribution >= 4 is 43.4 Å². The fourth-order valence-corrected chi connectivity index (χ4v) is 5.12. The van der Waals surface area contributed by atoms with E-state index < -0.39 is 5.41 Å². The van der Waals surface area contributed by atoms with Crippen molar-refractivity contribution in [2.24, 2.45) is 16.7 Å². The van der Waals surface area contributed by atoms with E-state index in [0.29, 0.717) is 5.33 Å². The summed E-state index contributed by atoms with van der Waals surface area (Å²) in [5.74, 6) is -0.336. The standard InChI is InChI=1S/C10H12Br2O2/c1-9(4-11)6-2-3-10(9,5-12)8(14)7(6)13/h6H,2-5H2,1H3/t6-,9+,10-/m1/s1. The molecule has 0 amide bonds. The lowest BCUT2D eigenvalue weighted by molar-refractivity contribution is -0.141. The van der Waals surface area contributed by atoms with Crippen molar-refractivity contribution < 1.29 is 9.59 Å². The van der Waals surface area contributed by atoms with Gasteiger partial charge in [0.25, 0.3) is 0 Å². The van der Waals surface area contributed by atoms with Gasteiger partial charge in [-0.05, 0) is 12.8 Å². The first kappa shape index (κ1) is 10.8. The molecule has 0 radical (unpaired) electrons. The first-order valence-electron chi connectivity index (χ1n) is 4.74. The molecule has 0 aromatic carbocycles. The van der Waals surface area contributed by atoms with Crippen LogP contribution in [0.5, 0.6) is 0 Å². The van der Waals surface area contributed by atoms with Crippen molar-refractivity contribution in [3.05, 3.63) is 0 Å². The van der Waals surface area contributed by atoms with Gasteiger partial charge in [0.15, 0.2) is 0 Å². The minimum Gasteiger partial charge on any atom is -0.291 e. The molecule has 0 heterocycles. The highest BCUT2D eigenvalue weighted by Crippen LogP contribution is 2.63. The third kappa shape index (κ3) is 0.921. The highest BCUT2D eigenvalue weighted by Gasteiger charge is 2.69. The van der Waals surface area contributed by atoms with E-state index in [1.165, 1.54) is 0 Å². The number of fused-ring (bicyclic) bond motifs is 2. The Morgan fingerprint density at radius 3 is 2.43 bits per heavy atom. The second-order valence-electron chi connectivity index (χ2n) is 4.55. The number of alkyl halides is 2. The molecule has 0 spiro atoms. The zero-order valence-electron chi connectivity index (χ0n) is 7.98. The van der Waals surface area contributed by atoms with E-state index in [4.69, 9.17) is 0 Å². The summed E-state index contributed by atoms with van der Waals surface area (Å²) in [6.07, 6.45) is 1.73. The van der Waals surface area contributed by atoms with Crippen LogP contribution in [0.2, 0.25) is 0 Å². The Morgan fingerprint density at radius 2 is 2.00 bits per heavy atom. The minimum absolute atomic E-state index is 0.0491. The molecule has 2 saturated carbocycles. The van der Waals surface area contributed by atoms with E-state index in [2.05, 4.69) is 38.8 Å². The maximum absolute atomic E-state index is 11.9. The van der Waals surface area contributed by atoms with Gasteiger partial charge in [0.05, 0.1) is 5.41 Å². The van der Waals surface area contributed by atoms with Gasteiger partial charge in [0.2, 0.25) is 11.6 Å². The number of carbonyl (C=O) groups excluding carboxylic acids is 2. The number of hydrogen-bond donors (Lipinski definition) is 0. The summed E-state index contributed by atoms with van der Waals surface area (Å²) < 4.78 is 0. The summed E-state index contributed by atoms with van der Waals surface area (Å²) in [7, 11) is 0. The van der Waals surface area contributed by atoms with Crippen molar-refractivity contribution in [2.45, 2.75) is 19.8 Å². The van der Waals surface area contributed by atoms with Crippen LogP contribution >= 0.6 is 31.9 Å². The fourth-order valence-electron chi connectivity index (χ4n) is 3.02. The maximum Gasteiger partial charge on any atom is 0.206 e. The third-order valence-corrected chi connectivity index (χ3v) is 6.32. The minimum atomic E-state index is -0.432. The summed E-state index contributed by atoms with van der Waals surface area (Å²) in [4.78, 5) is 23.6. The normalized spacial score (nSPS) is 46.4. The number of rotatable bonds is 2. The molecule has 0 unspecified atom stereocenters. The Morgan fingerprint density at radius 1 is 1.36 bits per heavy atom. The second kappa shape index (κ2) is 3.14. The number of hydrogen-bond acceptors (Lipinski definition) is 2. The predicted molar refractivity (Wildman–Crippen MR) is 60.9 cm³/mol. The molecular weight excluding hydrogens is 312 g/mol. The highest BCUT2D eigenvalue weighted by atomic mass is 79.9. The van der Waals surface area contributed by atoms with E-state index in [0.717, 1.165) is 18.2 Å². The summed E-state index contributed by atoms with van der Waals surface area (Å²) in [6.45, 7) is 2.06. The molecule has 0 aromatic rings. The average molecular weight is 324 g/mol. The molecule has 0 aromatic heterocycles. The van der Waals surface area contributed by atoms with Gasteiger partial charge in [-0.2, -0.15) is 0 Å². The summed E-state index contributed by atoms with van der Waals surface area (Å²) >= 11 is 6.87. The van der Waals surface area contributed by atoms with Gasteiger partial charge in [-0.25, -0.2) is 0 Å². The monoisotopic (exact) mass is 322 g/mol. The van der Waals surface area contributed by atoms with Crippen molar-refractivity contribution in [3.63, 3.8) is 0 Å². The Bertz CT molecular complexity index is 315. The molecule has 2 rings (SSSR count). The largest absolute Gasteiger partial charge is 0.291 e. The van der Waals surface area contributed by atoms with E-state index in [1.807, 2.05) is 0 Å². The van der Waals surface area contributed by atoms with Crippen molar-refractivity contribution in [3.8, 4) is 0 Å². The second-order valence-corrected chi connectivity index (χ2v) is 5.67. The Hall–Kier alpha value is 0.300. The topological polar surface area (TPSA) is 34.1 Å². The van der Waals surface area contributed by atoms with Gasteiger partial charge < -0.3 is 0 Å². The van der Waals surface area contributed by atoms with Crippen molar-refractivity contribution in [2.75, 3.05) is 10.7 Å². The van der Waals surface area contributed by atoms with Crippen LogP contribution in [-0.4, -0.2) is 22.2 Å². The molecule has 0 N–H and O–H groups in total. The van der Waals surface area contributed by atoms with Crippen LogP contribution < -0.4 is 0 Å². The van der Waals surface area contributed by atoms with Gasteiger partial charge in [-0.15, -0.1) is 0 Å². The average Bonchev–Trinajstić information content (AvgIpc) is 2.57. The van der Waals surface area contributed by atoms with Gasteiger partial charge in [-0.3, -0.25) is 9.59 Å². The zero-order chi connectivity index (χ0) is 10.6. The van der Waals surface area contributed by atoms with Crippen LogP contribution in [0, 0.1) is 16.7 Å². The molecule has 0 aliphatic heterocycles. The molecule has 4 heteroatoms. The Kier molecular flexibility index (Phi) is 2.43. The molecule has 2 nitrogen and oxygen atoms in total. The number of halogens is 2. The summed E-state index contributed by atoms with van der Waals surface area (Å²) in [6, 6.07) is 0. The van der Waals surface area contributed by atoms with E-state index >= 15 is 0 Å². The van der Waals surface area contributed by atoms with Crippen LogP contribution in [-0.2, 0) is 9.59 Å². The molecule has 3 atom stereocenters. The molecule has 2 aliphatic carbocycles. The molecule has 2 fully saturated rings. The number of carbonyl (C=O) groups is 2. The third-order valence-electron chi connectivity index (χ3n) is 4.20. The van der Waals surface area contributed by atoms with Crippen LogP contribution in [0.15, 0.2) is 0 Å². The van der Waals surface area contributed by atoms with Crippen molar-refractivity contribution in [1.82, 2.24) is 0 Å². The van der Waals surface area contributed by atoms with E-state index in [9.17, 15) is 9.59 Å². The molecular formula is C10H12Br2O2. The van der Waals surface area contributed by atoms with Crippen LogP contribution in [0.1, 0.15) is 19.8 Å². The summed E-state index contributed by atoms with van der Waals surface area (Å²) in [5.41, 5.74) is -0.608. The highest BCUT2D eigenvalue weighted by molar-refractivity contribution is 9.09. The van der Waals surface area contributed by atoms with Gasteiger partial charge in [0.1, 0.15) is 0 Å². The van der Waals surface area contributed by atoms with E-state index in [1.54, 1.807) is 0 Å². The van der Waals surface area contributed by atoms with Crippen molar-refractivity contribution in [1.29, 1.82) is 0 Å². The van der Waals surface area contributed by atoms with Crippen LogP contribution in [0.3, 0.4) is 0 Å². The zero-order valence-corrected chi connectivity index (χ0v) is 11.2. The molecule has 2 bridgehead atoms. The first-order chi connectivity index (χ1) is 6.53. The van der Waals surface area contributed by atoms with Gasteiger partial charge in [-0.1, -0.05) is 38.8 Å². The lowest BCUT2D eigenvalue weighted by Gasteiger charge is -2.35. The predicted octanol–water partition coefficient (Wildman–Crippen LogP) is 2.33. The van der Waals surface area contributed by atoms with Crippen LogP contribution in [0.4, 0.5) is 0 Å². The maximum atomic E-state index is 11.9. The number of ketones is 2. The molecule has 2 aliphatic rings. The van der Waals surface area contributed by atoms with Gasteiger partial charge in [0, 0.05) is 22.0 Å². The lowest BCUT2D eigenvalue weighted by atomic mass is 9.70. The first-order valence-corrected chi connectivity index (χ1v) is 6.98. The van der Waals surface area contributed by atoms with E-state index in [-0.39, 0.29) is 22.9 Å². The van der Waals surface area contributed by atoms with Crippen LogP contribution in [0.25, 0.3) is 0 Å². The summed E-state index contributed by atoms with van der Waals surface area (Å²) in [5, 5.41) is 1.34. The quantitative estimate of drug-likeness (QED) is 0.577. The molecule has 14 heavy (non-hydrogen) atoms. The SMILES string of the molecule is C[C@]1(CBr)[C@@H]2CC[C@@]1(CBr)C(=O)C2=O. The smallest absolute Gasteiger partial charge is 0.206 e. The molecule has 0 saturated heterocycles.